The molecule has 0 fully saturated rings. The highest BCUT2D eigenvalue weighted by atomic mass is 16.3. The van der Waals surface area contributed by atoms with Gasteiger partial charge in [-0.05, 0) is 18.6 Å². The lowest BCUT2D eigenvalue weighted by Crippen LogP contribution is -1.97. The lowest BCUT2D eigenvalue weighted by molar-refractivity contribution is 0.470. The molecule has 0 aliphatic rings. The number of nitriles is 2. The number of aromatic hydroxyl groups is 1. The summed E-state index contributed by atoms with van der Waals surface area (Å²) >= 11 is 0. The Bertz CT molecular complexity index is 573. The minimum Gasteiger partial charge on any atom is -0.507 e. The van der Waals surface area contributed by atoms with Crippen molar-refractivity contribution in [2.45, 2.75) is 6.92 Å². The standard InChI is InChI=1S/C12H10N4O/c1-8-3-2-4-9(12(8)17)7-16-11(6-14)10(15)5-13/h2-4,7,17H,15H2,1H3/b11-10-,16-7?. The topological polar surface area (TPSA) is 106 Å². The van der Waals surface area contributed by atoms with Crippen LogP contribution in [0.15, 0.2) is 34.6 Å². The Kier molecular flexibility index (Phi) is 3.86. The molecule has 0 saturated heterocycles. The number of phenolic OH excluding ortho intramolecular Hbond substituents is 1. The molecule has 3 N–H and O–H groups in total. The average molecular weight is 226 g/mol. The van der Waals surface area contributed by atoms with Gasteiger partial charge in [0.25, 0.3) is 0 Å². The summed E-state index contributed by atoms with van der Waals surface area (Å²) in [6.45, 7) is 1.75. The van der Waals surface area contributed by atoms with Crippen molar-refractivity contribution in [1.82, 2.24) is 0 Å². The quantitative estimate of drug-likeness (QED) is 0.586. The maximum absolute atomic E-state index is 9.69. The Labute approximate surface area is 98.7 Å². The van der Waals surface area contributed by atoms with Gasteiger partial charge in [-0.25, -0.2) is 4.99 Å². The van der Waals surface area contributed by atoms with Gasteiger partial charge in [0.05, 0.1) is 0 Å². The van der Waals surface area contributed by atoms with Gasteiger partial charge in [0.15, 0.2) is 5.70 Å². The van der Waals surface area contributed by atoms with Crippen LogP contribution >= 0.6 is 0 Å². The van der Waals surface area contributed by atoms with Crippen LogP contribution in [0.3, 0.4) is 0 Å². The van der Waals surface area contributed by atoms with E-state index in [-0.39, 0.29) is 17.1 Å². The van der Waals surface area contributed by atoms with E-state index in [0.717, 1.165) is 0 Å². The third-order valence-corrected chi connectivity index (χ3v) is 2.08. The van der Waals surface area contributed by atoms with Crippen LogP contribution in [0.25, 0.3) is 0 Å². The summed E-state index contributed by atoms with van der Waals surface area (Å²) in [7, 11) is 0. The van der Waals surface area contributed by atoms with E-state index in [4.69, 9.17) is 16.3 Å². The molecule has 0 bridgehead atoms. The van der Waals surface area contributed by atoms with Gasteiger partial charge in [-0.15, -0.1) is 0 Å². The summed E-state index contributed by atoms with van der Waals surface area (Å²) < 4.78 is 0. The lowest BCUT2D eigenvalue weighted by Gasteiger charge is -2.01. The Morgan fingerprint density at radius 2 is 2.12 bits per heavy atom. The summed E-state index contributed by atoms with van der Waals surface area (Å²) in [5, 5.41) is 26.9. The smallest absolute Gasteiger partial charge is 0.174 e. The molecule has 0 radical (unpaired) electrons. The number of hydrogen-bond acceptors (Lipinski definition) is 5. The van der Waals surface area contributed by atoms with E-state index in [2.05, 4.69) is 4.99 Å². The van der Waals surface area contributed by atoms with E-state index in [1.165, 1.54) is 6.21 Å². The zero-order chi connectivity index (χ0) is 12.8. The van der Waals surface area contributed by atoms with Crippen molar-refractivity contribution < 1.29 is 5.11 Å². The van der Waals surface area contributed by atoms with Gasteiger partial charge in [0, 0.05) is 11.8 Å². The number of aryl methyl sites for hydroxylation is 1. The first-order chi connectivity index (χ1) is 8.10. The monoisotopic (exact) mass is 226 g/mol. The Morgan fingerprint density at radius 1 is 1.41 bits per heavy atom. The SMILES string of the molecule is Cc1cccc(C=N/C(C#N)=C(\N)C#N)c1O. The van der Waals surface area contributed by atoms with Crippen molar-refractivity contribution in [2.24, 2.45) is 10.7 Å². The van der Waals surface area contributed by atoms with Gasteiger partial charge in [-0.2, -0.15) is 10.5 Å². The molecule has 1 aromatic carbocycles. The fourth-order valence-corrected chi connectivity index (χ4v) is 1.13. The molecule has 17 heavy (non-hydrogen) atoms. The van der Waals surface area contributed by atoms with Gasteiger partial charge in [0.2, 0.25) is 0 Å². The third-order valence-electron chi connectivity index (χ3n) is 2.08. The molecule has 0 aromatic heterocycles. The highest BCUT2D eigenvalue weighted by Gasteiger charge is 2.02. The van der Waals surface area contributed by atoms with Gasteiger partial charge in [-0.3, -0.25) is 0 Å². The van der Waals surface area contributed by atoms with Gasteiger partial charge in [-0.1, -0.05) is 12.1 Å². The molecule has 0 amide bonds. The fraction of sp³-hybridized carbons (Fsp3) is 0.0833. The van der Waals surface area contributed by atoms with Crippen LogP contribution in [0.1, 0.15) is 11.1 Å². The van der Waals surface area contributed by atoms with Crippen LogP contribution in [-0.4, -0.2) is 11.3 Å². The van der Waals surface area contributed by atoms with Crippen molar-refractivity contribution in [3.63, 3.8) is 0 Å². The highest BCUT2D eigenvalue weighted by Crippen LogP contribution is 2.19. The number of phenols is 1. The zero-order valence-corrected chi connectivity index (χ0v) is 9.18. The number of aliphatic imine (C=N–C) groups is 1. The maximum atomic E-state index is 9.69. The third kappa shape index (κ3) is 2.83. The van der Waals surface area contributed by atoms with Crippen LogP contribution in [0.5, 0.6) is 5.75 Å². The summed E-state index contributed by atoms with van der Waals surface area (Å²) in [5.41, 5.74) is 6.01. The minimum absolute atomic E-state index is 0.0871. The molecule has 84 valence electrons. The van der Waals surface area contributed by atoms with Crippen molar-refractivity contribution in [3.05, 3.63) is 40.7 Å². The predicted molar refractivity (Wildman–Crippen MR) is 62.9 cm³/mol. The number of para-hydroxylation sites is 1. The molecular formula is C12H10N4O. The van der Waals surface area contributed by atoms with Gasteiger partial charge in [0.1, 0.15) is 23.6 Å². The van der Waals surface area contributed by atoms with Crippen molar-refractivity contribution in [3.8, 4) is 17.9 Å². The van der Waals surface area contributed by atoms with Crippen LogP contribution in [0, 0.1) is 29.6 Å². The second kappa shape index (κ2) is 5.34. The number of rotatable bonds is 2. The van der Waals surface area contributed by atoms with E-state index in [1.807, 2.05) is 0 Å². The molecule has 1 aromatic rings. The second-order valence-corrected chi connectivity index (χ2v) is 3.26. The van der Waals surface area contributed by atoms with E-state index >= 15 is 0 Å². The molecular weight excluding hydrogens is 216 g/mol. The van der Waals surface area contributed by atoms with Crippen molar-refractivity contribution >= 4 is 6.21 Å². The van der Waals surface area contributed by atoms with Gasteiger partial charge >= 0.3 is 0 Å². The van der Waals surface area contributed by atoms with Crippen molar-refractivity contribution in [2.75, 3.05) is 0 Å². The normalized spacial score (nSPS) is 11.7. The van der Waals surface area contributed by atoms with Crippen LogP contribution in [-0.2, 0) is 0 Å². The van der Waals surface area contributed by atoms with Crippen LogP contribution in [0.4, 0.5) is 0 Å². The zero-order valence-electron chi connectivity index (χ0n) is 9.18. The maximum Gasteiger partial charge on any atom is 0.174 e. The molecule has 0 aliphatic carbocycles. The summed E-state index contributed by atoms with van der Waals surface area (Å²) in [4.78, 5) is 3.77. The first-order valence-electron chi connectivity index (χ1n) is 4.72. The van der Waals surface area contributed by atoms with E-state index in [9.17, 15) is 5.11 Å². The van der Waals surface area contributed by atoms with Crippen LogP contribution in [0.2, 0.25) is 0 Å². The molecule has 5 heteroatoms. The largest absolute Gasteiger partial charge is 0.507 e. The highest BCUT2D eigenvalue weighted by molar-refractivity contribution is 5.85. The average Bonchev–Trinajstić information content (AvgIpc) is 2.34. The van der Waals surface area contributed by atoms with Crippen LogP contribution < -0.4 is 5.73 Å². The molecule has 0 spiro atoms. The second-order valence-electron chi connectivity index (χ2n) is 3.26. The molecule has 1 rings (SSSR count). The van der Waals surface area contributed by atoms with Gasteiger partial charge < -0.3 is 10.8 Å². The predicted octanol–water partition coefficient (Wildman–Crippen LogP) is 1.34. The number of allylic oxidation sites excluding steroid dienone is 2. The number of hydrogen-bond donors (Lipinski definition) is 2. The number of nitrogens with zero attached hydrogens (tertiary/aromatic N) is 3. The van der Waals surface area contributed by atoms with E-state index in [0.29, 0.717) is 11.1 Å². The molecule has 0 aliphatic heterocycles. The Morgan fingerprint density at radius 3 is 2.71 bits per heavy atom. The molecule has 0 atom stereocenters. The summed E-state index contributed by atoms with van der Waals surface area (Å²) in [5.74, 6) is 0.0871. The molecule has 0 unspecified atom stereocenters. The Balaban J connectivity index is 3.12. The fourth-order valence-electron chi connectivity index (χ4n) is 1.13. The summed E-state index contributed by atoms with van der Waals surface area (Å²) in [6, 6.07) is 8.49. The van der Waals surface area contributed by atoms with Crippen molar-refractivity contribution in [1.29, 1.82) is 10.5 Å². The van der Waals surface area contributed by atoms with E-state index < -0.39 is 0 Å². The van der Waals surface area contributed by atoms with E-state index in [1.54, 1.807) is 37.3 Å². The molecule has 0 heterocycles. The number of benzene rings is 1. The minimum atomic E-state index is -0.254. The number of nitrogens with two attached hydrogens (primary N) is 1. The lowest BCUT2D eigenvalue weighted by atomic mass is 10.1. The Hall–Kier alpha value is -2.79. The molecule has 5 nitrogen and oxygen atoms in total. The molecule has 0 saturated carbocycles. The first kappa shape index (κ1) is 12.3. The summed E-state index contributed by atoms with van der Waals surface area (Å²) in [6.07, 6.45) is 1.30. The first-order valence-corrected chi connectivity index (χ1v) is 4.72.